The summed E-state index contributed by atoms with van der Waals surface area (Å²) in [7, 11) is 3.92. The topological polar surface area (TPSA) is 82.1 Å². The molecular weight excluding hydrogens is 302 g/mol. The molecule has 0 aliphatic carbocycles. The van der Waals surface area contributed by atoms with Crippen LogP contribution in [0.25, 0.3) is 0 Å². The Balaban J connectivity index is 3.30. The van der Waals surface area contributed by atoms with E-state index in [-0.39, 0.29) is 16.8 Å². The number of hydrogen-bond donors (Lipinski definition) is 0. The van der Waals surface area contributed by atoms with Gasteiger partial charge in [0.25, 0.3) is 0 Å². The molecule has 0 radical (unpaired) electrons. The molecule has 23 heavy (non-hydrogen) atoms. The minimum Gasteiger partial charge on any atom is -0.465 e. The van der Waals surface area contributed by atoms with Crippen molar-refractivity contribution in [3.8, 4) is 0 Å². The lowest BCUT2D eigenvalue weighted by Gasteiger charge is -2.25. The number of benzene rings is 1. The molecule has 0 unspecified atom stereocenters. The lowest BCUT2D eigenvalue weighted by Crippen LogP contribution is -2.35. The average molecular weight is 323 g/mol. The highest BCUT2D eigenvalue weighted by Crippen LogP contribution is 2.24. The highest BCUT2D eigenvalue weighted by molar-refractivity contribution is 6.03. The maximum atomic E-state index is 12.2. The largest absolute Gasteiger partial charge is 0.465 e. The number of ether oxygens (including phenoxy) is 3. The lowest BCUT2D eigenvalue weighted by atomic mass is 10.1. The normalized spacial score (nSPS) is 10.7. The molecule has 0 fully saturated rings. The quantitative estimate of drug-likeness (QED) is 0.628. The second kappa shape index (κ2) is 7.13. The molecule has 126 valence electrons. The molecule has 0 heterocycles. The van der Waals surface area contributed by atoms with Crippen molar-refractivity contribution in [2.75, 3.05) is 26.2 Å². The van der Waals surface area contributed by atoms with Crippen LogP contribution in [0.2, 0.25) is 0 Å². The van der Waals surface area contributed by atoms with Crippen LogP contribution in [-0.2, 0) is 14.2 Å². The molecule has 0 N–H and O–H groups in total. The molecule has 0 aliphatic rings. The number of esters is 2. The van der Waals surface area contributed by atoms with Gasteiger partial charge in [-0.3, -0.25) is 4.90 Å². The van der Waals surface area contributed by atoms with Gasteiger partial charge in [0.1, 0.15) is 5.60 Å². The summed E-state index contributed by atoms with van der Waals surface area (Å²) in [5.41, 5.74) is -0.176. The summed E-state index contributed by atoms with van der Waals surface area (Å²) in [5, 5.41) is 0. The minimum atomic E-state index is -0.698. The van der Waals surface area contributed by atoms with Crippen molar-refractivity contribution in [1.82, 2.24) is 0 Å². The molecular formula is C16H21NO6. The van der Waals surface area contributed by atoms with Crippen LogP contribution >= 0.6 is 0 Å². The Hall–Kier alpha value is -2.57. The first-order chi connectivity index (χ1) is 10.6. The van der Waals surface area contributed by atoms with Crippen LogP contribution in [0.5, 0.6) is 0 Å². The van der Waals surface area contributed by atoms with Gasteiger partial charge in [0.15, 0.2) is 0 Å². The molecule has 0 aliphatic heterocycles. The zero-order chi connectivity index (χ0) is 17.8. The van der Waals surface area contributed by atoms with E-state index in [0.29, 0.717) is 0 Å². The summed E-state index contributed by atoms with van der Waals surface area (Å²) in [6.07, 6.45) is -0.662. The van der Waals surface area contributed by atoms with E-state index in [9.17, 15) is 14.4 Å². The Kier molecular flexibility index (Phi) is 5.73. The third-order valence-corrected chi connectivity index (χ3v) is 2.85. The van der Waals surface area contributed by atoms with E-state index >= 15 is 0 Å². The molecule has 0 spiro atoms. The number of carbonyl (C=O) groups excluding carboxylic acids is 3. The Labute approximate surface area is 135 Å². The number of nitrogens with zero attached hydrogens (tertiary/aromatic N) is 1. The molecule has 0 atom stereocenters. The van der Waals surface area contributed by atoms with Crippen molar-refractivity contribution in [1.29, 1.82) is 0 Å². The first kappa shape index (κ1) is 18.5. The van der Waals surface area contributed by atoms with Crippen molar-refractivity contribution in [2.45, 2.75) is 26.4 Å². The van der Waals surface area contributed by atoms with Gasteiger partial charge < -0.3 is 14.2 Å². The van der Waals surface area contributed by atoms with Gasteiger partial charge in [-0.2, -0.15) is 0 Å². The highest BCUT2D eigenvalue weighted by Gasteiger charge is 2.25. The van der Waals surface area contributed by atoms with Gasteiger partial charge in [0.2, 0.25) is 0 Å². The SMILES string of the molecule is COC(=O)c1ccc(C(=O)OC)c(N(C)C(=O)OC(C)(C)C)c1. The van der Waals surface area contributed by atoms with Crippen LogP contribution < -0.4 is 4.90 Å². The maximum Gasteiger partial charge on any atom is 0.414 e. The Morgan fingerprint density at radius 1 is 1.00 bits per heavy atom. The molecule has 0 bridgehead atoms. The van der Waals surface area contributed by atoms with E-state index in [1.807, 2.05) is 0 Å². The summed E-state index contributed by atoms with van der Waals surface area (Å²) in [5.74, 6) is -1.22. The van der Waals surface area contributed by atoms with Crippen LogP contribution in [0, 0.1) is 0 Å². The molecule has 0 saturated carbocycles. The van der Waals surface area contributed by atoms with Gasteiger partial charge in [0, 0.05) is 7.05 Å². The summed E-state index contributed by atoms with van der Waals surface area (Å²) >= 11 is 0. The second-order valence-electron chi connectivity index (χ2n) is 5.75. The fourth-order valence-corrected chi connectivity index (χ4v) is 1.77. The van der Waals surface area contributed by atoms with Crippen LogP contribution in [0.15, 0.2) is 18.2 Å². The van der Waals surface area contributed by atoms with Crippen molar-refractivity contribution >= 4 is 23.7 Å². The molecule has 0 aromatic heterocycles. The van der Waals surface area contributed by atoms with Crippen LogP contribution in [0.4, 0.5) is 10.5 Å². The van der Waals surface area contributed by atoms with E-state index < -0.39 is 23.6 Å². The third kappa shape index (κ3) is 4.70. The van der Waals surface area contributed by atoms with Gasteiger partial charge in [0.05, 0.1) is 31.0 Å². The van der Waals surface area contributed by atoms with Crippen LogP contribution in [-0.4, -0.2) is 44.9 Å². The number of rotatable bonds is 3. The maximum absolute atomic E-state index is 12.2. The molecule has 1 aromatic rings. The zero-order valence-electron chi connectivity index (χ0n) is 14.1. The van der Waals surface area contributed by atoms with Crippen molar-refractivity contribution < 1.29 is 28.6 Å². The molecule has 7 nitrogen and oxygen atoms in total. The fraction of sp³-hybridized carbons (Fsp3) is 0.438. The van der Waals surface area contributed by atoms with E-state index in [1.165, 1.54) is 39.5 Å². The van der Waals surface area contributed by atoms with Gasteiger partial charge >= 0.3 is 18.0 Å². The zero-order valence-corrected chi connectivity index (χ0v) is 14.1. The molecule has 1 aromatic carbocycles. The number of anilines is 1. The van der Waals surface area contributed by atoms with E-state index in [0.717, 1.165) is 4.90 Å². The fourth-order valence-electron chi connectivity index (χ4n) is 1.77. The van der Waals surface area contributed by atoms with Crippen LogP contribution in [0.3, 0.4) is 0 Å². The molecule has 1 rings (SSSR count). The molecule has 7 heteroatoms. The van der Waals surface area contributed by atoms with Gasteiger partial charge in [-0.15, -0.1) is 0 Å². The third-order valence-electron chi connectivity index (χ3n) is 2.85. The van der Waals surface area contributed by atoms with Crippen molar-refractivity contribution in [2.24, 2.45) is 0 Å². The predicted molar refractivity (Wildman–Crippen MR) is 83.8 cm³/mol. The monoisotopic (exact) mass is 323 g/mol. The molecule has 0 saturated heterocycles. The number of hydrogen-bond acceptors (Lipinski definition) is 6. The van der Waals surface area contributed by atoms with Crippen molar-refractivity contribution in [3.63, 3.8) is 0 Å². The predicted octanol–water partition coefficient (Wildman–Crippen LogP) is 2.63. The summed E-state index contributed by atoms with van der Waals surface area (Å²) < 4.78 is 14.6. The average Bonchev–Trinajstić information content (AvgIpc) is 2.50. The van der Waals surface area contributed by atoms with Gasteiger partial charge in [-0.25, -0.2) is 14.4 Å². The number of amides is 1. The smallest absolute Gasteiger partial charge is 0.414 e. The number of carbonyl (C=O) groups is 3. The highest BCUT2D eigenvalue weighted by atomic mass is 16.6. The Morgan fingerprint density at radius 3 is 2.04 bits per heavy atom. The number of methoxy groups -OCH3 is 2. The Morgan fingerprint density at radius 2 is 1.57 bits per heavy atom. The Bertz CT molecular complexity index is 617. The van der Waals surface area contributed by atoms with E-state index in [2.05, 4.69) is 4.74 Å². The lowest BCUT2D eigenvalue weighted by molar-refractivity contribution is 0.0574. The first-order valence-electron chi connectivity index (χ1n) is 6.88. The summed E-state index contributed by atoms with van der Waals surface area (Å²) in [4.78, 5) is 36.9. The van der Waals surface area contributed by atoms with E-state index in [4.69, 9.17) is 9.47 Å². The van der Waals surface area contributed by atoms with Crippen molar-refractivity contribution in [3.05, 3.63) is 29.3 Å². The molecule has 1 amide bonds. The minimum absolute atomic E-state index is 0.133. The standard InChI is InChI=1S/C16H21NO6/c1-16(2,3)23-15(20)17(4)12-9-10(13(18)21-5)7-8-11(12)14(19)22-6/h7-9H,1-6H3. The summed E-state index contributed by atoms with van der Waals surface area (Å²) in [6.45, 7) is 5.18. The summed E-state index contributed by atoms with van der Waals surface area (Å²) in [6, 6.07) is 4.20. The first-order valence-corrected chi connectivity index (χ1v) is 6.88. The van der Waals surface area contributed by atoms with Crippen LogP contribution in [0.1, 0.15) is 41.5 Å². The second-order valence-corrected chi connectivity index (χ2v) is 5.75. The van der Waals surface area contributed by atoms with E-state index in [1.54, 1.807) is 20.8 Å². The van der Waals surface area contributed by atoms with Gasteiger partial charge in [-0.05, 0) is 39.0 Å². The van der Waals surface area contributed by atoms with Gasteiger partial charge in [-0.1, -0.05) is 0 Å².